The third-order valence-electron chi connectivity index (χ3n) is 1.84. The summed E-state index contributed by atoms with van der Waals surface area (Å²) in [7, 11) is -2.85. The van der Waals surface area contributed by atoms with Crippen LogP contribution in [0.2, 0.25) is 0 Å². The van der Waals surface area contributed by atoms with Gasteiger partial charge in [0.1, 0.15) is 8.77 Å². The van der Waals surface area contributed by atoms with Crippen molar-refractivity contribution in [3.63, 3.8) is 0 Å². The van der Waals surface area contributed by atoms with Gasteiger partial charge in [-0.15, -0.1) is 0 Å². The summed E-state index contributed by atoms with van der Waals surface area (Å²) in [6, 6.07) is 0. The molecule has 0 aliphatic heterocycles. The van der Waals surface area contributed by atoms with Gasteiger partial charge in [-0.3, -0.25) is 13.8 Å². The highest BCUT2D eigenvalue weighted by Gasteiger charge is 2.41. The first-order chi connectivity index (χ1) is 6.59. The maximum absolute atomic E-state index is 10.9. The number of carboxylic acid groups (broad SMARTS) is 2. The maximum Gasteiger partial charge on any atom is 0.320 e. The molecular formula is C7H12O6S2. The average Bonchev–Trinajstić information content (AvgIpc) is 2.00. The normalized spacial score (nSPS) is 15.6. The fourth-order valence-corrected chi connectivity index (χ4v) is 1.29. The Morgan fingerprint density at radius 3 is 2.07 bits per heavy atom. The molecule has 8 heteroatoms. The summed E-state index contributed by atoms with van der Waals surface area (Å²) in [6.45, 7) is 0.788. The number of carbonyl (C=O) groups is 2. The van der Waals surface area contributed by atoms with Gasteiger partial charge in [-0.05, 0) is 13.3 Å². The van der Waals surface area contributed by atoms with Gasteiger partial charge in [0, 0.05) is 17.4 Å². The van der Waals surface area contributed by atoms with Crippen LogP contribution in [0.3, 0.4) is 0 Å². The molecule has 0 aromatic heterocycles. The second-order valence-electron chi connectivity index (χ2n) is 3.22. The van der Waals surface area contributed by atoms with Gasteiger partial charge in [-0.25, -0.2) is 4.21 Å². The van der Waals surface area contributed by atoms with Gasteiger partial charge in [0.2, 0.25) is 0 Å². The van der Waals surface area contributed by atoms with E-state index in [4.69, 9.17) is 10.2 Å². The highest BCUT2D eigenvalue weighted by molar-refractivity contribution is 8.29. The first kappa shape index (κ1) is 14.3. The van der Waals surface area contributed by atoms with Crippen LogP contribution in [0.4, 0.5) is 0 Å². The minimum atomic E-state index is -2.85. The summed E-state index contributed by atoms with van der Waals surface area (Å²) in [6.07, 6.45) is 0.875. The zero-order valence-electron chi connectivity index (χ0n) is 8.26. The third-order valence-corrected chi connectivity index (χ3v) is 2.73. The van der Waals surface area contributed by atoms with Crippen molar-refractivity contribution < 1.29 is 28.2 Å². The van der Waals surface area contributed by atoms with Crippen molar-refractivity contribution in [1.29, 1.82) is 0 Å². The van der Waals surface area contributed by atoms with Crippen molar-refractivity contribution in [2.24, 2.45) is 5.41 Å². The van der Waals surface area contributed by atoms with E-state index in [0.717, 1.165) is 6.92 Å². The van der Waals surface area contributed by atoms with Gasteiger partial charge in [-0.1, -0.05) is 0 Å². The second-order valence-corrected chi connectivity index (χ2v) is 6.68. The van der Waals surface area contributed by atoms with E-state index in [1.165, 1.54) is 6.26 Å². The Morgan fingerprint density at radius 2 is 1.80 bits per heavy atom. The van der Waals surface area contributed by atoms with E-state index in [1.54, 1.807) is 0 Å². The molecule has 1 atom stereocenters. The highest BCUT2D eigenvalue weighted by atomic mass is 32.8. The van der Waals surface area contributed by atoms with Crippen molar-refractivity contribution >= 4 is 31.9 Å². The Balaban J connectivity index is 4.47. The van der Waals surface area contributed by atoms with E-state index in [-0.39, 0.29) is 13.0 Å². The van der Waals surface area contributed by atoms with Gasteiger partial charge in [0.15, 0.2) is 5.41 Å². The SMILES string of the molecule is CC(CCOS(C)(=O)=S)(C(=O)O)C(=O)O. The molecule has 15 heavy (non-hydrogen) atoms. The number of hydrogen-bond donors (Lipinski definition) is 2. The minimum Gasteiger partial charge on any atom is -0.480 e. The Bertz CT molecular complexity index is 344. The van der Waals surface area contributed by atoms with Crippen molar-refractivity contribution in [3.8, 4) is 0 Å². The summed E-state index contributed by atoms with van der Waals surface area (Å²) < 4.78 is 15.6. The Hall–Kier alpha value is -0.730. The number of carboxylic acids is 2. The number of hydrogen-bond acceptors (Lipinski definition) is 5. The topological polar surface area (TPSA) is 101 Å². The summed E-state index contributed by atoms with van der Waals surface area (Å²) in [5, 5.41) is 17.4. The van der Waals surface area contributed by atoms with E-state index in [0.29, 0.717) is 0 Å². The van der Waals surface area contributed by atoms with E-state index in [2.05, 4.69) is 15.4 Å². The summed E-state index contributed by atoms with van der Waals surface area (Å²) in [4.78, 5) is 21.4. The zero-order chi connectivity index (χ0) is 12.3. The van der Waals surface area contributed by atoms with Crippen LogP contribution in [0, 0.1) is 5.41 Å². The van der Waals surface area contributed by atoms with Crippen LogP contribution in [0.25, 0.3) is 0 Å². The van der Waals surface area contributed by atoms with Gasteiger partial charge in [0.05, 0.1) is 6.61 Å². The number of rotatable bonds is 6. The fraction of sp³-hybridized carbons (Fsp3) is 0.714. The lowest BCUT2D eigenvalue weighted by atomic mass is 9.87. The smallest absolute Gasteiger partial charge is 0.320 e. The molecule has 0 saturated carbocycles. The number of aliphatic carboxylic acids is 2. The molecular weight excluding hydrogens is 244 g/mol. The molecule has 0 amide bonds. The van der Waals surface area contributed by atoms with Crippen LogP contribution in [-0.2, 0) is 33.7 Å². The van der Waals surface area contributed by atoms with Crippen LogP contribution >= 0.6 is 0 Å². The molecule has 0 bridgehead atoms. The Kier molecular flexibility index (Phi) is 4.63. The molecule has 0 fully saturated rings. The van der Waals surface area contributed by atoms with E-state index in [9.17, 15) is 13.8 Å². The Labute approximate surface area is 92.1 Å². The van der Waals surface area contributed by atoms with Crippen molar-refractivity contribution in [2.45, 2.75) is 13.3 Å². The molecule has 0 aromatic carbocycles. The van der Waals surface area contributed by atoms with Crippen molar-refractivity contribution in [2.75, 3.05) is 12.9 Å². The lowest BCUT2D eigenvalue weighted by Gasteiger charge is -2.18. The van der Waals surface area contributed by atoms with Crippen LogP contribution in [-0.4, -0.2) is 39.2 Å². The largest absolute Gasteiger partial charge is 0.480 e. The summed E-state index contributed by atoms with van der Waals surface area (Å²) in [5.74, 6) is -2.93. The molecule has 0 aromatic rings. The molecule has 0 spiro atoms. The Morgan fingerprint density at radius 1 is 1.40 bits per heavy atom. The van der Waals surface area contributed by atoms with Gasteiger partial charge < -0.3 is 10.2 Å². The molecule has 2 N–H and O–H groups in total. The van der Waals surface area contributed by atoms with Crippen molar-refractivity contribution in [3.05, 3.63) is 0 Å². The molecule has 0 rings (SSSR count). The monoisotopic (exact) mass is 256 g/mol. The molecule has 0 aliphatic rings. The molecule has 0 saturated heterocycles. The minimum absolute atomic E-state index is 0.270. The molecule has 6 nitrogen and oxygen atoms in total. The van der Waals surface area contributed by atoms with E-state index < -0.39 is 26.1 Å². The van der Waals surface area contributed by atoms with Crippen molar-refractivity contribution in [1.82, 2.24) is 0 Å². The molecule has 0 heterocycles. The molecule has 0 aliphatic carbocycles. The van der Waals surface area contributed by atoms with Crippen LogP contribution < -0.4 is 0 Å². The third kappa shape index (κ3) is 4.54. The first-order valence-corrected chi connectivity index (χ1v) is 6.72. The predicted octanol–water partition coefficient (Wildman–Crippen LogP) is -0.140. The van der Waals surface area contributed by atoms with Crippen LogP contribution in [0.5, 0.6) is 0 Å². The molecule has 0 radical (unpaired) electrons. The van der Waals surface area contributed by atoms with Gasteiger partial charge in [-0.2, -0.15) is 0 Å². The van der Waals surface area contributed by atoms with Gasteiger partial charge in [0.25, 0.3) is 0 Å². The second kappa shape index (κ2) is 4.86. The molecule has 88 valence electrons. The highest BCUT2D eigenvalue weighted by Crippen LogP contribution is 2.22. The lowest BCUT2D eigenvalue weighted by Crippen LogP contribution is -2.37. The van der Waals surface area contributed by atoms with Crippen LogP contribution in [0.1, 0.15) is 13.3 Å². The average molecular weight is 256 g/mol. The van der Waals surface area contributed by atoms with Gasteiger partial charge >= 0.3 is 11.9 Å². The quantitative estimate of drug-likeness (QED) is 0.638. The lowest BCUT2D eigenvalue weighted by molar-refractivity contribution is -0.164. The standard InChI is InChI=1S/C7H12O6S2/c1-7(5(8)9,6(10)11)3-4-13-15(2,12)14/h3-4H2,1-2H3,(H,8,9)(H,10,11). The zero-order valence-corrected chi connectivity index (χ0v) is 9.89. The summed E-state index contributed by atoms with van der Waals surface area (Å²) in [5.41, 5.74) is -1.94. The van der Waals surface area contributed by atoms with Crippen LogP contribution in [0.15, 0.2) is 0 Å². The van der Waals surface area contributed by atoms with E-state index in [1.807, 2.05) is 0 Å². The fourth-order valence-electron chi connectivity index (χ4n) is 0.703. The molecule has 1 unspecified atom stereocenters. The van der Waals surface area contributed by atoms with E-state index >= 15 is 0 Å². The predicted molar refractivity (Wildman–Crippen MR) is 55.4 cm³/mol. The first-order valence-electron chi connectivity index (χ1n) is 3.91. The summed E-state index contributed by atoms with van der Waals surface area (Å²) >= 11 is 4.42. The maximum atomic E-state index is 10.9.